The summed E-state index contributed by atoms with van der Waals surface area (Å²) >= 11 is 1.82. The lowest BCUT2D eigenvalue weighted by molar-refractivity contribution is 0.433. The van der Waals surface area contributed by atoms with E-state index in [4.69, 9.17) is 10.7 Å². The number of anilines is 1. The van der Waals surface area contributed by atoms with E-state index in [1.807, 2.05) is 24.5 Å². The summed E-state index contributed by atoms with van der Waals surface area (Å²) in [6.45, 7) is 8.70. The molecular formula is C20H28N4S. The number of hydrogen-bond acceptors (Lipinski definition) is 5. The van der Waals surface area contributed by atoms with Crippen LogP contribution in [0.25, 0.3) is 0 Å². The van der Waals surface area contributed by atoms with E-state index < -0.39 is 0 Å². The highest BCUT2D eigenvalue weighted by atomic mass is 32.1. The zero-order valence-corrected chi connectivity index (χ0v) is 16.5. The third-order valence-electron chi connectivity index (χ3n) is 5.15. The molecule has 2 heterocycles. The largest absolute Gasteiger partial charge is 0.330 e. The van der Waals surface area contributed by atoms with Crippen molar-refractivity contribution in [3.8, 4) is 0 Å². The molecule has 2 aromatic rings. The molecule has 0 aliphatic carbocycles. The van der Waals surface area contributed by atoms with Gasteiger partial charge in [-0.15, -0.1) is 11.3 Å². The van der Waals surface area contributed by atoms with Crippen LogP contribution in [0.3, 0.4) is 0 Å². The van der Waals surface area contributed by atoms with Crippen molar-refractivity contribution in [2.24, 2.45) is 10.7 Å². The molecule has 25 heavy (non-hydrogen) atoms. The average molecular weight is 357 g/mol. The molecule has 0 fully saturated rings. The number of nitrogens with two attached hydrogens (primary N) is 1. The molecule has 0 amide bonds. The summed E-state index contributed by atoms with van der Waals surface area (Å²) in [7, 11) is 1.98. The predicted molar refractivity (Wildman–Crippen MR) is 109 cm³/mol. The lowest BCUT2D eigenvalue weighted by Crippen LogP contribution is -2.56. The second-order valence-electron chi connectivity index (χ2n) is 6.65. The van der Waals surface area contributed by atoms with Gasteiger partial charge in [0.15, 0.2) is 0 Å². The van der Waals surface area contributed by atoms with E-state index >= 15 is 0 Å². The van der Waals surface area contributed by atoms with E-state index in [9.17, 15) is 0 Å². The van der Waals surface area contributed by atoms with Crippen molar-refractivity contribution >= 4 is 22.0 Å². The maximum atomic E-state index is 6.71. The Bertz CT molecular complexity index is 766. The fourth-order valence-corrected chi connectivity index (χ4v) is 4.70. The van der Waals surface area contributed by atoms with Gasteiger partial charge in [0.05, 0.1) is 17.9 Å². The topological polar surface area (TPSA) is 53.6 Å². The first-order chi connectivity index (χ1) is 12.0. The van der Waals surface area contributed by atoms with E-state index in [0.29, 0.717) is 0 Å². The van der Waals surface area contributed by atoms with Crippen molar-refractivity contribution in [2.75, 3.05) is 11.9 Å². The van der Waals surface area contributed by atoms with Gasteiger partial charge in [-0.2, -0.15) is 0 Å². The van der Waals surface area contributed by atoms with Crippen LogP contribution in [0.4, 0.5) is 5.00 Å². The van der Waals surface area contributed by atoms with Gasteiger partial charge < -0.3 is 16.0 Å². The van der Waals surface area contributed by atoms with Crippen LogP contribution < -0.4 is 16.0 Å². The SMILES string of the molecule is CCC1N=C(c2ccccc2)c2c(sc(C)c2C)N(C(C)NC)C1N. The van der Waals surface area contributed by atoms with Crippen LogP contribution in [0.2, 0.25) is 0 Å². The number of hydrogen-bond donors (Lipinski definition) is 2. The number of rotatable bonds is 4. The van der Waals surface area contributed by atoms with E-state index in [2.05, 4.69) is 62.2 Å². The van der Waals surface area contributed by atoms with Crippen molar-refractivity contribution in [2.45, 2.75) is 52.5 Å². The molecule has 1 aromatic heterocycles. The van der Waals surface area contributed by atoms with Gasteiger partial charge in [-0.25, -0.2) is 0 Å². The highest BCUT2D eigenvalue weighted by molar-refractivity contribution is 7.16. The summed E-state index contributed by atoms with van der Waals surface area (Å²) < 4.78 is 0. The minimum atomic E-state index is -0.148. The van der Waals surface area contributed by atoms with Gasteiger partial charge in [0.2, 0.25) is 0 Å². The second-order valence-corrected chi connectivity index (χ2v) is 7.85. The minimum absolute atomic E-state index is 0.0605. The lowest BCUT2D eigenvalue weighted by Gasteiger charge is -2.36. The molecule has 3 unspecified atom stereocenters. The molecule has 5 heteroatoms. The molecule has 3 atom stereocenters. The first kappa shape index (κ1) is 18.1. The molecule has 0 saturated heterocycles. The maximum absolute atomic E-state index is 6.71. The number of aryl methyl sites for hydroxylation is 1. The molecule has 3 rings (SSSR count). The van der Waals surface area contributed by atoms with Crippen LogP contribution >= 0.6 is 11.3 Å². The van der Waals surface area contributed by atoms with E-state index in [-0.39, 0.29) is 18.4 Å². The van der Waals surface area contributed by atoms with Gasteiger partial charge in [-0.3, -0.25) is 4.99 Å². The molecule has 3 N–H and O–H groups in total. The first-order valence-electron chi connectivity index (χ1n) is 8.94. The van der Waals surface area contributed by atoms with Gasteiger partial charge >= 0.3 is 0 Å². The standard InChI is InChI=1S/C20H28N4S/c1-6-16-19(21)24(14(4)22-5)20-17(12(2)13(3)25-20)18(23-16)15-10-8-7-9-11-15/h7-11,14,16,19,22H,6,21H2,1-5H3. The number of nitrogens with one attached hydrogen (secondary N) is 1. The molecule has 1 aliphatic rings. The zero-order valence-electron chi connectivity index (χ0n) is 15.7. The summed E-state index contributed by atoms with van der Waals surface area (Å²) in [6, 6.07) is 10.5. The summed E-state index contributed by atoms with van der Waals surface area (Å²) in [6.07, 6.45) is 0.910. The molecule has 4 nitrogen and oxygen atoms in total. The number of fused-ring (bicyclic) bond motifs is 1. The fourth-order valence-electron chi connectivity index (χ4n) is 3.42. The molecule has 1 aromatic carbocycles. The molecule has 134 valence electrons. The summed E-state index contributed by atoms with van der Waals surface area (Å²) in [5.41, 5.74) is 11.5. The lowest BCUT2D eigenvalue weighted by atomic mass is 10.00. The molecule has 1 aliphatic heterocycles. The highest BCUT2D eigenvalue weighted by Gasteiger charge is 2.35. The Morgan fingerprint density at radius 2 is 1.96 bits per heavy atom. The molecular weight excluding hydrogens is 328 g/mol. The van der Waals surface area contributed by atoms with Crippen LogP contribution in [-0.4, -0.2) is 31.1 Å². The van der Waals surface area contributed by atoms with Gasteiger partial charge in [0, 0.05) is 16.0 Å². The second kappa shape index (κ2) is 7.28. The Kier molecular flexibility index (Phi) is 5.27. The molecule has 0 saturated carbocycles. The molecule has 0 spiro atoms. The maximum Gasteiger partial charge on any atom is 0.104 e. The van der Waals surface area contributed by atoms with Gasteiger partial charge in [0.25, 0.3) is 0 Å². The minimum Gasteiger partial charge on any atom is -0.330 e. The third-order valence-corrected chi connectivity index (χ3v) is 6.37. The van der Waals surface area contributed by atoms with Gasteiger partial charge in [-0.05, 0) is 39.8 Å². The van der Waals surface area contributed by atoms with Crippen LogP contribution in [0.5, 0.6) is 0 Å². The van der Waals surface area contributed by atoms with Crippen LogP contribution in [0.15, 0.2) is 35.3 Å². The highest BCUT2D eigenvalue weighted by Crippen LogP contribution is 2.41. The van der Waals surface area contributed by atoms with Gasteiger partial charge in [-0.1, -0.05) is 37.3 Å². The van der Waals surface area contributed by atoms with Crippen molar-refractivity contribution in [3.63, 3.8) is 0 Å². The number of aliphatic imine (C=N–C) groups is 1. The first-order valence-corrected chi connectivity index (χ1v) is 9.76. The van der Waals surface area contributed by atoms with Crippen molar-refractivity contribution in [1.82, 2.24) is 5.32 Å². The van der Waals surface area contributed by atoms with E-state index in [1.54, 1.807) is 0 Å². The monoisotopic (exact) mass is 356 g/mol. The normalized spacial score (nSPS) is 21.5. The summed E-state index contributed by atoms with van der Waals surface area (Å²) in [4.78, 5) is 8.79. The smallest absolute Gasteiger partial charge is 0.104 e. The van der Waals surface area contributed by atoms with Gasteiger partial charge in [0.1, 0.15) is 11.2 Å². The predicted octanol–water partition coefficient (Wildman–Crippen LogP) is 3.65. The Morgan fingerprint density at radius 3 is 2.56 bits per heavy atom. The third kappa shape index (κ3) is 3.12. The van der Waals surface area contributed by atoms with Crippen molar-refractivity contribution in [1.29, 1.82) is 0 Å². The Balaban J connectivity index is 2.28. The number of benzene rings is 1. The quantitative estimate of drug-likeness (QED) is 0.879. The Hall–Kier alpha value is -1.69. The van der Waals surface area contributed by atoms with Crippen LogP contribution in [-0.2, 0) is 0 Å². The van der Waals surface area contributed by atoms with E-state index in [0.717, 1.165) is 17.7 Å². The van der Waals surface area contributed by atoms with Crippen LogP contribution in [0.1, 0.15) is 41.8 Å². The van der Waals surface area contributed by atoms with Crippen molar-refractivity contribution < 1.29 is 0 Å². The number of thiophene rings is 1. The summed E-state index contributed by atoms with van der Waals surface area (Å²) in [5, 5.41) is 4.59. The Labute approximate surface area is 154 Å². The number of nitrogens with zero attached hydrogens (tertiary/aromatic N) is 2. The van der Waals surface area contributed by atoms with E-state index in [1.165, 1.54) is 21.0 Å². The Morgan fingerprint density at radius 1 is 1.28 bits per heavy atom. The zero-order chi connectivity index (χ0) is 18.1. The van der Waals surface area contributed by atoms with Crippen LogP contribution in [0, 0.1) is 13.8 Å². The summed E-state index contributed by atoms with van der Waals surface area (Å²) in [5.74, 6) is 0. The average Bonchev–Trinajstić information content (AvgIpc) is 2.84. The molecule has 0 bridgehead atoms. The molecule has 0 radical (unpaired) electrons. The van der Waals surface area contributed by atoms with Crippen molar-refractivity contribution in [3.05, 3.63) is 51.9 Å². The fraction of sp³-hybridized carbons (Fsp3) is 0.450.